The number of rotatable bonds is 5. The molecular weight excluding hydrogens is 301 g/mol. The number of benzene rings is 1. The first-order chi connectivity index (χ1) is 10.8. The molecule has 0 fully saturated rings. The monoisotopic (exact) mass is 317 g/mol. The maximum Gasteiger partial charge on any atom is 0.338 e. The molecule has 0 spiro atoms. The molecule has 5 nitrogen and oxygen atoms in total. The molecule has 23 heavy (non-hydrogen) atoms. The van der Waals surface area contributed by atoms with Crippen LogP contribution in [0.5, 0.6) is 0 Å². The number of carbonyl (C=O) groups excluding carboxylic acids is 3. The number of carbonyl (C=O) groups is 3. The van der Waals surface area contributed by atoms with Crippen LogP contribution in [-0.2, 0) is 4.74 Å². The summed E-state index contributed by atoms with van der Waals surface area (Å²) in [5, 5.41) is 0. The Hall–Kier alpha value is -2.76. The standard InChI is InChI=1S/C17H16FNO4/c1-9-15(11(3)20)10(2)19-16(9)14(21)8-23-17(22)12-4-6-13(18)7-5-12/h4-7,19H,8H2,1-3H3. The molecule has 0 bridgehead atoms. The van der Waals surface area contributed by atoms with Crippen molar-refractivity contribution < 1.29 is 23.5 Å². The molecule has 2 rings (SSSR count). The summed E-state index contributed by atoms with van der Waals surface area (Å²) >= 11 is 0. The highest BCUT2D eigenvalue weighted by molar-refractivity contribution is 6.04. The number of H-pyrrole nitrogens is 1. The van der Waals surface area contributed by atoms with Crippen LogP contribution in [0.1, 0.15) is 49.4 Å². The Labute approximate surface area is 132 Å². The average molecular weight is 317 g/mol. The molecule has 1 heterocycles. The number of Topliss-reactive ketones (excluding diaryl/α,β-unsaturated/α-hetero) is 2. The van der Waals surface area contributed by atoms with Gasteiger partial charge in [0.2, 0.25) is 5.78 Å². The highest BCUT2D eigenvalue weighted by Gasteiger charge is 2.21. The summed E-state index contributed by atoms with van der Waals surface area (Å²) in [6.07, 6.45) is 0. The highest BCUT2D eigenvalue weighted by Crippen LogP contribution is 2.19. The normalized spacial score (nSPS) is 10.4. The van der Waals surface area contributed by atoms with Gasteiger partial charge in [0, 0.05) is 11.3 Å². The van der Waals surface area contributed by atoms with Gasteiger partial charge in [-0.2, -0.15) is 0 Å². The van der Waals surface area contributed by atoms with Crippen LogP contribution >= 0.6 is 0 Å². The van der Waals surface area contributed by atoms with Gasteiger partial charge in [-0.15, -0.1) is 0 Å². The minimum Gasteiger partial charge on any atom is -0.454 e. The first-order valence-electron chi connectivity index (χ1n) is 6.97. The Bertz CT molecular complexity index is 775. The van der Waals surface area contributed by atoms with Crippen LogP contribution in [0.25, 0.3) is 0 Å². The molecule has 120 valence electrons. The van der Waals surface area contributed by atoms with E-state index in [1.165, 1.54) is 19.1 Å². The third kappa shape index (κ3) is 3.53. The zero-order chi connectivity index (χ0) is 17.1. The van der Waals surface area contributed by atoms with E-state index in [4.69, 9.17) is 4.74 Å². The summed E-state index contributed by atoms with van der Waals surface area (Å²) in [6, 6.07) is 4.83. The molecule has 0 aliphatic heterocycles. The van der Waals surface area contributed by atoms with E-state index in [-0.39, 0.29) is 17.0 Å². The van der Waals surface area contributed by atoms with Gasteiger partial charge in [-0.05, 0) is 50.6 Å². The number of aromatic amines is 1. The van der Waals surface area contributed by atoms with E-state index in [1.807, 2.05) is 0 Å². The SMILES string of the molecule is CC(=O)c1c(C)[nH]c(C(=O)COC(=O)c2ccc(F)cc2)c1C. The van der Waals surface area contributed by atoms with E-state index in [0.717, 1.165) is 12.1 Å². The van der Waals surface area contributed by atoms with Gasteiger partial charge in [-0.3, -0.25) is 9.59 Å². The van der Waals surface area contributed by atoms with Crippen LogP contribution in [0.3, 0.4) is 0 Å². The largest absolute Gasteiger partial charge is 0.454 e. The van der Waals surface area contributed by atoms with Crippen molar-refractivity contribution in [3.05, 3.63) is 58.2 Å². The average Bonchev–Trinajstić information content (AvgIpc) is 2.80. The van der Waals surface area contributed by atoms with Gasteiger partial charge in [-0.1, -0.05) is 0 Å². The number of ketones is 2. The van der Waals surface area contributed by atoms with Crippen molar-refractivity contribution in [2.45, 2.75) is 20.8 Å². The number of aromatic nitrogens is 1. The Morgan fingerprint density at radius 2 is 1.74 bits per heavy atom. The van der Waals surface area contributed by atoms with Crippen molar-refractivity contribution >= 4 is 17.5 Å². The van der Waals surface area contributed by atoms with Gasteiger partial charge in [0.05, 0.1) is 11.3 Å². The van der Waals surface area contributed by atoms with Crippen LogP contribution in [0.15, 0.2) is 24.3 Å². The topological polar surface area (TPSA) is 76.2 Å². The van der Waals surface area contributed by atoms with Gasteiger partial charge in [0.25, 0.3) is 0 Å². The van der Waals surface area contributed by atoms with Crippen molar-refractivity contribution in [3.63, 3.8) is 0 Å². The molecule has 0 unspecified atom stereocenters. The Morgan fingerprint density at radius 3 is 2.26 bits per heavy atom. The summed E-state index contributed by atoms with van der Waals surface area (Å²) in [5.74, 6) is -1.76. The summed E-state index contributed by atoms with van der Waals surface area (Å²) in [4.78, 5) is 38.4. The molecule has 1 aromatic heterocycles. The molecule has 1 aromatic carbocycles. The lowest BCUT2D eigenvalue weighted by molar-refractivity contribution is 0.0473. The van der Waals surface area contributed by atoms with E-state index in [1.54, 1.807) is 13.8 Å². The van der Waals surface area contributed by atoms with Crippen molar-refractivity contribution in [2.75, 3.05) is 6.61 Å². The summed E-state index contributed by atoms with van der Waals surface area (Å²) in [7, 11) is 0. The van der Waals surface area contributed by atoms with E-state index < -0.39 is 24.2 Å². The Morgan fingerprint density at radius 1 is 1.13 bits per heavy atom. The molecule has 0 aliphatic rings. The predicted octanol–water partition coefficient (Wildman–Crippen LogP) is 3.01. The Kier molecular flexibility index (Phi) is 4.74. The van der Waals surface area contributed by atoms with Gasteiger partial charge >= 0.3 is 5.97 Å². The maximum absolute atomic E-state index is 12.8. The van der Waals surface area contributed by atoms with Crippen molar-refractivity contribution in [3.8, 4) is 0 Å². The van der Waals surface area contributed by atoms with E-state index in [0.29, 0.717) is 16.8 Å². The van der Waals surface area contributed by atoms with Gasteiger partial charge in [0.1, 0.15) is 5.82 Å². The smallest absolute Gasteiger partial charge is 0.338 e. The fourth-order valence-corrected chi connectivity index (χ4v) is 2.43. The van der Waals surface area contributed by atoms with E-state index >= 15 is 0 Å². The summed E-state index contributed by atoms with van der Waals surface area (Å²) < 4.78 is 17.7. The van der Waals surface area contributed by atoms with Crippen LogP contribution in [0.4, 0.5) is 4.39 Å². The van der Waals surface area contributed by atoms with E-state index in [2.05, 4.69) is 4.98 Å². The molecule has 0 aliphatic carbocycles. The van der Waals surface area contributed by atoms with Gasteiger partial charge in [-0.25, -0.2) is 9.18 Å². The molecule has 0 atom stereocenters. The number of ether oxygens (including phenoxy) is 1. The lowest BCUT2D eigenvalue weighted by Crippen LogP contribution is -2.15. The maximum atomic E-state index is 12.8. The van der Waals surface area contributed by atoms with Gasteiger partial charge in [0.15, 0.2) is 12.4 Å². The first kappa shape index (κ1) is 16.6. The molecule has 6 heteroatoms. The highest BCUT2D eigenvalue weighted by atomic mass is 19.1. The number of halogens is 1. The second kappa shape index (κ2) is 6.56. The fraction of sp³-hybridized carbons (Fsp3) is 0.235. The van der Waals surface area contributed by atoms with E-state index in [9.17, 15) is 18.8 Å². The molecular formula is C17H16FNO4. The van der Waals surface area contributed by atoms with Crippen LogP contribution < -0.4 is 0 Å². The van der Waals surface area contributed by atoms with Crippen LogP contribution in [0.2, 0.25) is 0 Å². The summed E-state index contributed by atoms with van der Waals surface area (Å²) in [5.41, 5.74) is 2.02. The van der Waals surface area contributed by atoms with Gasteiger partial charge < -0.3 is 9.72 Å². The molecule has 2 aromatic rings. The second-order valence-electron chi connectivity index (χ2n) is 5.19. The minimum atomic E-state index is -0.717. The van der Waals surface area contributed by atoms with Crippen molar-refractivity contribution in [2.24, 2.45) is 0 Å². The second-order valence-corrected chi connectivity index (χ2v) is 5.19. The third-order valence-corrected chi connectivity index (χ3v) is 3.48. The molecule has 0 saturated heterocycles. The fourth-order valence-electron chi connectivity index (χ4n) is 2.43. The number of esters is 1. The minimum absolute atomic E-state index is 0.140. The zero-order valence-electron chi connectivity index (χ0n) is 13.0. The number of hydrogen-bond acceptors (Lipinski definition) is 4. The predicted molar refractivity (Wildman–Crippen MR) is 81.3 cm³/mol. The van der Waals surface area contributed by atoms with Crippen molar-refractivity contribution in [1.29, 1.82) is 0 Å². The number of aryl methyl sites for hydroxylation is 1. The summed E-state index contributed by atoms with van der Waals surface area (Å²) in [6.45, 7) is 4.32. The lowest BCUT2D eigenvalue weighted by atomic mass is 10.1. The molecule has 0 radical (unpaired) electrons. The molecule has 1 N–H and O–H groups in total. The Balaban J connectivity index is 2.08. The quantitative estimate of drug-likeness (QED) is 0.679. The van der Waals surface area contributed by atoms with Crippen LogP contribution in [-0.4, -0.2) is 29.1 Å². The molecule has 0 amide bonds. The lowest BCUT2D eigenvalue weighted by Gasteiger charge is -2.04. The first-order valence-corrected chi connectivity index (χ1v) is 6.97. The zero-order valence-corrected chi connectivity index (χ0v) is 13.0. The number of nitrogens with one attached hydrogen (secondary N) is 1. The molecule has 0 saturated carbocycles. The van der Waals surface area contributed by atoms with Crippen LogP contribution in [0, 0.1) is 19.7 Å². The number of hydrogen-bond donors (Lipinski definition) is 1. The third-order valence-electron chi connectivity index (χ3n) is 3.48. The van der Waals surface area contributed by atoms with Crippen molar-refractivity contribution in [1.82, 2.24) is 4.98 Å².